The van der Waals surface area contributed by atoms with E-state index in [1.54, 1.807) is 0 Å². The zero-order chi connectivity index (χ0) is 14.8. The van der Waals surface area contributed by atoms with E-state index in [-0.39, 0.29) is 89.1 Å². The van der Waals surface area contributed by atoms with Gasteiger partial charge in [-0.25, -0.2) is 0 Å². The molecule has 4 nitrogen and oxygen atoms in total. The highest BCUT2D eigenvalue weighted by molar-refractivity contribution is 4.59. The summed E-state index contributed by atoms with van der Waals surface area (Å²) in [6.07, 6.45) is 8.04. The molecule has 0 aliphatic carbocycles. The van der Waals surface area contributed by atoms with E-state index in [4.69, 9.17) is 0 Å². The third kappa shape index (κ3) is 43.7. The molecule has 0 unspecified atom stereocenters. The maximum Gasteiger partial charge on any atom is 0.0500 e. The molecule has 0 saturated carbocycles. The van der Waals surface area contributed by atoms with Crippen molar-refractivity contribution in [2.45, 2.75) is 128 Å². The third-order valence-corrected chi connectivity index (χ3v) is 4.13. The van der Waals surface area contributed by atoms with E-state index < -0.39 is 0 Å². The van der Waals surface area contributed by atoms with Crippen molar-refractivity contribution in [3.8, 4) is 0 Å². The topological polar surface area (TPSA) is 13.0 Å². The van der Waals surface area contributed by atoms with E-state index in [1.165, 1.54) is 64.7 Å². The first kappa shape index (κ1) is 76.9. The van der Waals surface area contributed by atoms with E-state index in [0.717, 1.165) is 13.3 Å². The average molecular weight is 477 g/mol. The molecule has 32 heavy (non-hydrogen) atoms. The van der Waals surface area contributed by atoms with Crippen LogP contribution in [0.1, 0.15) is 128 Å². The third-order valence-electron chi connectivity index (χ3n) is 4.13. The van der Waals surface area contributed by atoms with Gasteiger partial charge < -0.3 is 0 Å². The van der Waals surface area contributed by atoms with E-state index >= 15 is 0 Å². The van der Waals surface area contributed by atoms with Crippen molar-refractivity contribution in [2.24, 2.45) is 0 Å². The Morgan fingerprint density at radius 2 is 0.438 bits per heavy atom. The summed E-state index contributed by atoms with van der Waals surface area (Å²) in [6.45, 7) is 7.13. The highest BCUT2D eigenvalue weighted by Crippen LogP contribution is 2.05. The predicted molar refractivity (Wildman–Crippen MR) is 169 cm³/mol. The molecule has 1 aliphatic rings. The standard InChI is InChI=1S/C16H36N4.12CH4/c1-17-11-7-5-6-8-12-18(2)16-20(4)14-10-9-13-19(3)15-17;;;;;;;;;;;;/h5-16H2,1-4H3;12*1H4. The van der Waals surface area contributed by atoms with Crippen LogP contribution >= 0.6 is 0 Å². The van der Waals surface area contributed by atoms with Gasteiger partial charge in [-0.2, -0.15) is 0 Å². The van der Waals surface area contributed by atoms with Gasteiger partial charge >= 0.3 is 0 Å². The summed E-state index contributed by atoms with van der Waals surface area (Å²) in [5.74, 6) is 0. The molecule has 1 rings (SSSR count). The fourth-order valence-corrected chi connectivity index (χ4v) is 2.99. The van der Waals surface area contributed by atoms with Crippen molar-refractivity contribution in [1.29, 1.82) is 0 Å². The van der Waals surface area contributed by atoms with Gasteiger partial charge in [0.1, 0.15) is 0 Å². The van der Waals surface area contributed by atoms with Gasteiger partial charge in [-0.3, -0.25) is 19.6 Å². The summed E-state index contributed by atoms with van der Waals surface area (Å²) in [5, 5.41) is 0. The first-order valence-electron chi connectivity index (χ1n) is 8.32. The minimum absolute atomic E-state index is 0. The maximum absolute atomic E-state index is 2.46. The number of hydrogen-bond acceptors (Lipinski definition) is 4. The van der Waals surface area contributed by atoms with Crippen LogP contribution in [0.25, 0.3) is 0 Å². The summed E-state index contributed by atoms with van der Waals surface area (Å²) in [7, 11) is 9.00. The summed E-state index contributed by atoms with van der Waals surface area (Å²) < 4.78 is 0. The monoisotopic (exact) mass is 477 g/mol. The molecule has 1 saturated heterocycles. The van der Waals surface area contributed by atoms with Gasteiger partial charge in [-0.05, 0) is 80.1 Å². The highest BCUT2D eigenvalue weighted by Gasteiger charge is 2.07. The zero-order valence-corrected chi connectivity index (χ0v) is 14.3. The fourth-order valence-electron chi connectivity index (χ4n) is 2.99. The Balaban J connectivity index is -0.0000000333. The summed E-state index contributed by atoms with van der Waals surface area (Å²) >= 11 is 0. The summed E-state index contributed by atoms with van der Waals surface area (Å²) in [4.78, 5) is 9.84. The quantitative estimate of drug-likeness (QED) is 0.345. The van der Waals surface area contributed by atoms with Crippen molar-refractivity contribution in [2.75, 3.05) is 67.7 Å². The van der Waals surface area contributed by atoms with Gasteiger partial charge in [-0.1, -0.05) is 102 Å². The molecule has 4 heteroatoms. The lowest BCUT2D eigenvalue weighted by Gasteiger charge is -2.27. The Hall–Kier alpha value is -0.160. The molecule has 0 aromatic carbocycles. The molecule has 0 aromatic heterocycles. The van der Waals surface area contributed by atoms with Gasteiger partial charge in [0.25, 0.3) is 0 Å². The average Bonchev–Trinajstić information content (AvgIpc) is 2.37. The van der Waals surface area contributed by atoms with Gasteiger partial charge in [0.15, 0.2) is 0 Å². The highest BCUT2D eigenvalue weighted by atomic mass is 15.3. The van der Waals surface area contributed by atoms with Crippen molar-refractivity contribution < 1.29 is 0 Å². The smallest absolute Gasteiger partial charge is 0.0500 e. The van der Waals surface area contributed by atoms with Crippen molar-refractivity contribution >= 4 is 0 Å². The molecule has 0 atom stereocenters. The van der Waals surface area contributed by atoms with Crippen LogP contribution in [-0.2, 0) is 0 Å². The minimum atomic E-state index is 0. The van der Waals surface area contributed by atoms with Gasteiger partial charge in [0.05, 0.1) is 13.3 Å². The molecule has 0 spiro atoms. The Morgan fingerprint density at radius 1 is 0.281 bits per heavy atom. The molecule has 0 aromatic rings. The van der Waals surface area contributed by atoms with Gasteiger partial charge in [0.2, 0.25) is 0 Å². The largest absolute Gasteiger partial charge is 0.294 e. The molecular formula is C28H84N4. The number of nitrogens with zero attached hydrogens (tertiary/aromatic N) is 4. The van der Waals surface area contributed by atoms with Crippen LogP contribution in [0.4, 0.5) is 0 Å². The number of rotatable bonds is 0. The second-order valence-electron chi connectivity index (χ2n) is 6.72. The Kier molecular flexibility index (Phi) is 116. The summed E-state index contributed by atoms with van der Waals surface area (Å²) in [5.41, 5.74) is 0. The van der Waals surface area contributed by atoms with Gasteiger partial charge in [0, 0.05) is 0 Å². The van der Waals surface area contributed by atoms with Crippen LogP contribution in [0.15, 0.2) is 0 Å². The number of hydrogen-bond donors (Lipinski definition) is 0. The zero-order valence-electron chi connectivity index (χ0n) is 14.3. The molecule has 0 amide bonds. The lowest BCUT2D eigenvalue weighted by atomic mass is 10.2. The van der Waals surface area contributed by atoms with E-state index in [0.29, 0.717) is 0 Å². The Bertz CT molecular complexity index is 213. The van der Waals surface area contributed by atoms with Crippen LogP contribution in [0, 0.1) is 0 Å². The Labute approximate surface area is 215 Å². The summed E-state index contributed by atoms with van der Waals surface area (Å²) in [6, 6.07) is 0. The molecule has 216 valence electrons. The first-order valence-corrected chi connectivity index (χ1v) is 8.32. The van der Waals surface area contributed by atoms with Crippen LogP contribution in [0.2, 0.25) is 0 Å². The minimum Gasteiger partial charge on any atom is -0.294 e. The van der Waals surface area contributed by atoms with Crippen LogP contribution < -0.4 is 0 Å². The Morgan fingerprint density at radius 3 is 0.625 bits per heavy atom. The van der Waals surface area contributed by atoms with Gasteiger partial charge in [-0.15, -0.1) is 0 Å². The molecule has 1 heterocycles. The normalized spacial score (nSPS) is 16.1. The molecular weight excluding hydrogens is 392 g/mol. The fraction of sp³-hybridized carbons (Fsp3) is 1.00. The molecule has 0 bridgehead atoms. The van der Waals surface area contributed by atoms with E-state index in [2.05, 4.69) is 47.8 Å². The molecule has 0 radical (unpaired) electrons. The van der Waals surface area contributed by atoms with Crippen LogP contribution in [0.3, 0.4) is 0 Å². The van der Waals surface area contributed by atoms with Crippen molar-refractivity contribution in [3.63, 3.8) is 0 Å². The lowest BCUT2D eigenvalue weighted by molar-refractivity contribution is 0.160. The van der Waals surface area contributed by atoms with Crippen molar-refractivity contribution in [3.05, 3.63) is 0 Å². The SMILES string of the molecule is C.C.C.C.C.C.C.C.C.C.C.C.CN1CCCCCCN(C)CN(C)CCCCN(C)C1. The van der Waals surface area contributed by atoms with E-state index in [1.807, 2.05) is 0 Å². The van der Waals surface area contributed by atoms with Crippen molar-refractivity contribution in [1.82, 2.24) is 19.6 Å². The molecule has 1 fully saturated rings. The first-order chi connectivity index (χ1) is 9.58. The molecule has 1 aliphatic heterocycles. The lowest BCUT2D eigenvalue weighted by Crippen LogP contribution is -2.36. The van der Waals surface area contributed by atoms with E-state index in [9.17, 15) is 0 Å². The van der Waals surface area contributed by atoms with Crippen LogP contribution in [-0.4, -0.2) is 87.3 Å². The predicted octanol–water partition coefficient (Wildman–Crippen LogP) is 9.62. The molecule has 0 N–H and O–H groups in total. The van der Waals surface area contributed by atoms with Crippen LogP contribution in [0.5, 0.6) is 0 Å². The second kappa shape index (κ2) is 48.3. The maximum atomic E-state index is 2.46. The second-order valence-corrected chi connectivity index (χ2v) is 6.72.